The van der Waals surface area contributed by atoms with Crippen LogP contribution in [0.25, 0.3) is 16.6 Å². The second-order valence-electron chi connectivity index (χ2n) is 6.06. The van der Waals surface area contributed by atoms with Crippen LogP contribution in [0, 0.1) is 6.92 Å². The van der Waals surface area contributed by atoms with Gasteiger partial charge in [0.05, 0.1) is 16.6 Å². The van der Waals surface area contributed by atoms with E-state index >= 15 is 0 Å². The van der Waals surface area contributed by atoms with Crippen molar-refractivity contribution in [2.45, 2.75) is 24.4 Å². The van der Waals surface area contributed by atoms with E-state index in [4.69, 9.17) is 4.98 Å². The summed E-state index contributed by atoms with van der Waals surface area (Å²) in [6.45, 7) is 6.24. The number of nitrogens with zero attached hydrogens (tertiary/aromatic N) is 4. The zero-order valence-electron chi connectivity index (χ0n) is 14.4. The smallest absolute Gasteiger partial charge is 0.262 e. The van der Waals surface area contributed by atoms with E-state index < -0.39 is 0 Å². The number of benzene rings is 1. The minimum atomic E-state index is -0.0381. The lowest BCUT2D eigenvalue weighted by atomic mass is 10.2. The fourth-order valence-corrected chi connectivity index (χ4v) is 3.85. The number of aromatic nitrogens is 4. The molecule has 1 aromatic carbocycles. The number of imidazole rings is 1. The minimum Gasteiger partial charge on any atom is -0.307 e. The van der Waals surface area contributed by atoms with Crippen molar-refractivity contribution >= 4 is 28.3 Å². The second-order valence-corrected chi connectivity index (χ2v) is 7.00. The molecular weight excluding hydrogens is 344 g/mol. The average Bonchev–Trinajstić information content (AvgIpc) is 3.07. The predicted octanol–water partition coefficient (Wildman–Crippen LogP) is 3.83. The summed E-state index contributed by atoms with van der Waals surface area (Å²) < 4.78 is 3.69. The fourth-order valence-electron chi connectivity index (χ4n) is 2.96. The maximum atomic E-state index is 12.8. The highest BCUT2D eigenvalue weighted by atomic mass is 32.2. The molecule has 6 heteroatoms. The maximum absolute atomic E-state index is 12.8. The highest BCUT2D eigenvalue weighted by Crippen LogP contribution is 2.22. The van der Waals surface area contributed by atoms with Crippen molar-refractivity contribution in [2.75, 3.05) is 0 Å². The number of thioether (sulfide) groups is 1. The molecule has 0 aliphatic heterocycles. The Labute approximate surface area is 155 Å². The van der Waals surface area contributed by atoms with Gasteiger partial charge in [-0.3, -0.25) is 9.36 Å². The molecule has 0 spiro atoms. The highest BCUT2D eigenvalue weighted by molar-refractivity contribution is 7.98. The van der Waals surface area contributed by atoms with Crippen LogP contribution >= 0.6 is 11.8 Å². The van der Waals surface area contributed by atoms with E-state index in [1.807, 2.05) is 60.1 Å². The first-order valence-electron chi connectivity index (χ1n) is 8.34. The van der Waals surface area contributed by atoms with Crippen LogP contribution in [0.15, 0.2) is 71.4 Å². The van der Waals surface area contributed by atoms with E-state index in [1.54, 1.807) is 10.6 Å². The number of fused-ring (bicyclic) bond motifs is 2. The first kappa shape index (κ1) is 16.6. The highest BCUT2D eigenvalue weighted by Gasteiger charge is 2.12. The Balaban J connectivity index is 1.71. The SMILES string of the molecule is C=CCn1c(SCc2cn3cccc(C)c3n2)nc2ccccc2c1=O. The van der Waals surface area contributed by atoms with Crippen LogP contribution in [0.1, 0.15) is 11.3 Å². The molecule has 130 valence electrons. The minimum absolute atomic E-state index is 0.0381. The number of pyridine rings is 1. The van der Waals surface area contributed by atoms with Crippen LogP contribution in [-0.4, -0.2) is 18.9 Å². The summed E-state index contributed by atoms with van der Waals surface area (Å²) in [5.41, 5.74) is 3.72. The molecule has 4 aromatic rings. The van der Waals surface area contributed by atoms with Crippen molar-refractivity contribution in [3.8, 4) is 0 Å². The third-order valence-corrected chi connectivity index (χ3v) is 5.23. The second kappa shape index (κ2) is 6.80. The number of aryl methyl sites for hydroxylation is 1. The average molecular weight is 362 g/mol. The molecule has 3 aromatic heterocycles. The predicted molar refractivity (Wildman–Crippen MR) is 106 cm³/mol. The lowest BCUT2D eigenvalue weighted by Gasteiger charge is -2.10. The molecule has 0 bridgehead atoms. The molecule has 0 N–H and O–H groups in total. The Morgan fingerprint density at radius 1 is 1.19 bits per heavy atom. The molecule has 0 saturated heterocycles. The molecule has 0 unspecified atom stereocenters. The summed E-state index contributed by atoms with van der Waals surface area (Å²) >= 11 is 1.52. The largest absolute Gasteiger partial charge is 0.307 e. The Hall–Kier alpha value is -2.86. The van der Waals surface area contributed by atoms with Crippen LogP contribution in [-0.2, 0) is 12.3 Å². The molecule has 5 nitrogen and oxygen atoms in total. The molecule has 26 heavy (non-hydrogen) atoms. The van der Waals surface area contributed by atoms with Gasteiger partial charge in [-0.15, -0.1) is 6.58 Å². The van der Waals surface area contributed by atoms with Crippen molar-refractivity contribution in [3.05, 3.63) is 83.1 Å². The Bertz CT molecular complexity index is 1180. The van der Waals surface area contributed by atoms with Gasteiger partial charge in [0.1, 0.15) is 5.65 Å². The Morgan fingerprint density at radius 3 is 2.85 bits per heavy atom. The molecule has 0 aliphatic rings. The van der Waals surface area contributed by atoms with Crippen molar-refractivity contribution in [1.82, 2.24) is 18.9 Å². The van der Waals surface area contributed by atoms with Crippen LogP contribution in [0.5, 0.6) is 0 Å². The van der Waals surface area contributed by atoms with Gasteiger partial charge in [0.2, 0.25) is 0 Å². The number of para-hydroxylation sites is 1. The molecule has 4 rings (SSSR count). The number of hydrogen-bond acceptors (Lipinski definition) is 4. The van der Waals surface area contributed by atoms with Gasteiger partial charge >= 0.3 is 0 Å². The van der Waals surface area contributed by atoms with E-state index in [9.17, 15) is 4.79 Å². The zero-order valence-corrected chi connectivity index (χ0v) is 15.2. The van der Waals surface area contributed by atoms with Crippen LogP contribution in [0.3, 0.4) is 0 Å². The first-order valence-corrected chi connectivity index (χ1v) is 9.32. The molecular formula is C20H18N4OS. The van der Waals surface area contributed by atoms with Crippen molar-refractivity contribution in [3.63, 3.8) is 0 Å². The number of allylic oxidation sites excluding steroid dienone is 1. The number of rotatable bonds is 5. The summed E-state index contributed by atoms with van der Waals surface area (Å²) in [6.07, 6.45) is 5.73. The van der Waals surface area contributed by atoms with Gasteiger partial charge in [-0.25, -0.2) is 9.97 Å². The van der Waals surface area contributed by atoms with Crippen LogP contribution < -0.4 is 5.56 Å². The summed E-state index contributed by atoms with van der Waals surface area (Å²) in [5.74, 6) is 0.642. The molecule has 0 radical (unpaired) electrons. The third-order valence-electron chi connectivity index (χ3n) is 4.22. The number of hydrogen-bond donors (Lipinski definition) is 0. The quantitative estimate of drug-likeness (QED) is 0.308. The first-order chi connectivity index (χ1) is 12.7. The van der Waals surface area contributed by atoms with Gasteiger partial charge in [-0.05, 0) is 30.7 Å². The Morgan fingerprint density at radius 2 is 2.04 bits per heavy atom. The van der Waals surface area contributed by atoms with Crippen molar-refractivity contribution < 1.29 is 0 Å². The maximum Gasteiger partial charge on any atom is 0.262 e. The lowest BCUT2D eigenvalue weighted by Crippen LogP contribution is -2.22. The van der Waals surface area contributed by atoms with Crippen LogP contribution in [0.4, 0.5) is 0 Å². The van der Waals surface area contributed by atoms with Gasteiger partial charge in [0, 0.05) is 24.7 Å². The van der Waals surface area contributed by atoms with Gasteiger partial charge in [0.25, 0.3) is 5.56 Å². The third kappa shape index (κ3) is 2.93. The standard InChI is InChI=1S/C20H18N4OS/c1-3-10-24-19(25)16-8-4-5-9-17(16)22-20(24)26-13-15-12-23-11-6-7-14(2)18(23)21-15/h3-9,11-12H,1,10,13H2,2H3. The summed E-state index contributed by atoms with van der Waals surface area (Å²) in [5, 5.41) is 1.31. The Kier molecular flexibility index (Phi) is 4.34. The lowest BCUT2D eigenvalue weighted by molar-refractivity contribution is 0.671. The van der Waals surface area contributed by atoms with Crippen LogP contribution in [0.2, 0.25) is 0 Å². The molecule has 0 atom stereocenters. The van der Waals surface area contributed by atoms with Crippen molar-refractivity contribution in [1.29, 1.82) is 0 Å². The normalized spacial score (nSPS) is 11.3. The molecule has 0 aliphatic carbocycles. The monoisotopic (exact) mass is 362 g/mol. The van der Waals surface area contributed by atoms with Gasteiger partial charge in [-0.2, -0.15) is 0 Å². The van der Waals surface area contributed by atoms with E-state index in [0.29, 0.717) is 28.4 Å². The zero-order chi connectivity index (χ0) is 18.1. The van der Waals surface area contributed by atoms with Gasteiger partial charge in [-0.1, -0.05) is 36.0 Å². The van der Waals surface area contributed by atoms with E-state index in [1.165, 1.54) is 11.8 Å². The topological polar surface area (TPSA) is 52.2 Å². The molecule has 0 saturated carbocycles. The fraction of sp³-hybridized carbons (Fsp3) is 0.150. The van der Waals surface area contributed by atoms with E-state index in [0.717, 1.165) is 16.9 Å². The summed E-state index contributed by atoms with van der Waals surface area (Å²) in [6, 6.07) is 11.5. The summed E-state index contributed by atoms with van der Waals surface area (Å²) in [4.78, 5) is 22.2. The molecule has 0 fully saturated rings. The van der Waals surface area contributed by atoms with E-state index in [-0.39, 0.29) is 5.56 Å². The van der Waals surface area contributed by atoms with Gasteiger partial charge < -0.3 is 4.40 Å². The molecule has 0 amide bonds. The van der Waals surface area contributed by atoms with Gasteiger partial charge in [0.15, 0.2) is 5.16 Å². The van der Waals surface area contributed by atoms with E-state index in [2.05, 4.69) is 11.6 Å². The molecule has 3 heterocycles. The summed E-state index contributed by atoms with van der Waals surface area (Å²) in [7, 11) is 0. The van der Waals surface area contributed by atoms with Crippen molar-refractivity contribution in [2.24, 2.45) is 0 Å².